The molecule has 0 aliphatic rings. The lowest BCUT2D eigenvalue weighted by Crippen LogP contribution is -2.18. The largest absolute Gasteiger partial charge is 0.497 e. The van der Waals surface area contributed by atoms with Gasteiger partial charge in [-0.25, -0.2) is 4.98 Å². The van der Waals surface area contributed by atoms with Crippen LogP contribution in [0.5, 0.6) is 5.75 Å². The van der Waals surface area contributed by atoms with Gasteiger partial charge in [-0.3, -0.25) is 0 Å². The van der Waals surface area contributed by atoms with Crippen molar-refractivity contribution in [2.45, 2.75) is 19.8 Å². The molecular formula is C18H19N3OS. The van der Waals surface area contributed by atoms with Gasteiger partial charge in [0.05, 0.1) is 23.5 Å². The molecular weight excluding hydrogens is 306 g/mol. The molecule has 0 saturated carbocycles. The van der Waals surface area contributed by atoms with Gasteiger partial charge in [-0.2, -0.15) is 0 Å². The van der Waals surface area contributed by atoms with Crippen molar-refractivity contribution in [3.05, 3.63) is 53.9 Å². The van der Waals surface area contributed by atoms with Crippen LogP contribution in [0.2, 0.25) is 0 Å². The van der Waals surface area contributed by atoms with E-state index in [1.54, 1.807) is 7.11 Å². The molecule has 0 spiro atoms. The van der Waals surface area contributed by atoms with Gasteiger partial charge in [-0.15, -0.1) is 0 Å². The standard InChI is InChI=1S/C18H19N3OS/c1-11-7-8-15-20-16(13-5-4-6-14(9-13)22-3)17(21(15)10-11)12(2)18(19)23/h4-10,12H,1-3H3,(H2,19,23). The number of fused-ring (bicyclic) bond motifs is 1. The Balaban J connectivity index is 2.30. The van der Waals surface area contributed by atoms with Gasteiger partial charge in [0.1, 0.15) is 11.4 Å². The maximum Gasteiger partial charge on any atom is 0.137 e. The van der Waals surface area contributed by atoms with Crippen molar-refractivity contribution in [2.24, 2.45) is 5.73 Å². The number of nitrogens with two attached hydrogens (primary N) is 1. The van der Waals surface area contributed by atoms with Crippen LogP contribution in [0.15, 0.2) is 42.6 Å². The molecule has 0 radical (unpaired) electrons. The topological polar surface area (TPSA) is 52.5 Å². The molecule has 0 bridgehead atoms. The fourth-order valence-corrected chi connectivity index (χ4v) is 2.81. The first kappa shape index (κ1) is 15.5. The molecule has 1 atom stereocenters. The monoisotopic (exact) mass is 325 g/mol. The molecule has 5 heteroatoms. The first-order valence-corrected chi connectivity index (χ1v) is 7.84. The van der Waals surface area contributed by atoms with Crippen molar-refractivity contribution in [1.29, 1.82) is 0 Å². The van der Waals surface area contributed by atoms with Gasteiger partial charge in [-0.1, -0.05) is 37.3 Å². The van der Waals surface area contributed by atoms with Crippen molar-refractivity contribution in [1.82, 2.24) is 9.38 Å². The highest BCUT2D eigenvalue weighted by Crippen LogP contribution is 2.32. The van der Waals surface area contributed by atoms with E-state index in [9.17, 15) is 0 Å². The second-order valence-electron chi connectivity index (χ2n) is 5.64. The Morgan fingerprint density at radius 2 is 2.09 bits per heavy atom. The van der Waals surface area contributed by atoms with Crippen LogP contribution in [0.3, 0.4) is 0 Å². The van der Waals surface area contributed by atoms with E-state index in [1.165, 1.54) is 0 Å². The lowest BCUT2D eigenvalue weighted by Gasteiger charge is -2.13. The van der Waals surface area contributed by atoms with Crippen LogP contribution in [-0.4, -0.2) is 21.5 Å². The minimum absolute atomic E-state index is 0.0806. The van der Waals surface area contributed by atoms with E-state index in [1.807, 2.05) is 43.3 Å². The number of pyridine rings is 1. The summed E-state index contributed by atoms with van der Waals surface area (Å²) < 4.78 is 7.41. The number of imidazole rings is 1. The van der Waals surface area contributed by atoms with Gasteiger partial charge in [-0.05, 0) is 30.7 Å². The number of nitrogens with zero attached hydrogens (tertiary/aromatic N) is 2. The minimum atomic E-state index is -0.0806. The Kier molecular flexibility index (Phi) is 4.05. The summed E-state index contributed by atoms with van der Waals surface area (Å²) >= 11 is 5.23. The molecule has 3 aromatic rings. The first-order valence-electron chi connectivity index (χ1n) is 7.43. The fraction of sp³-hybridized carbons (Fsp3) is 0.222. The normalized spacial score (nSPS) is 12.3. The molecule has 0 fully saturated rings. The molecule has 0 aliphatic heterocycles. The van der Waals surface area contributed by atoms with Gasteiger partial charge in [0.2, 0.25) is 0 Å². The molecule has 2 N–H and O–H groups in total. The molecule has 0 aliphatic carbocycles. The van der Waals surface area contributed by atoms with Crippen LogP contribution < -0.4 is 10.5 Å². The third kappa shape index (κ3) is 2.80. The Morgan fingerprint density at radius 1 is 1.30 bits per heavy atom. The quantitative estimate of drug-likeness (QED) is 0.743. The van der Waals surface area contributed by atoms with Crippen LogP contribution in [-0.2, 0) is 0 Å². The summed E-state index contributed by atoms with van der Waals surface area (Å²) in [5, 5.41) is 0. The number of methoxy groups -OCH3 is 1. The summed E-state index contributed by atoms with van der Waals surface area (Å²) in [6, 6.07) is 11.9. The van der Waals surface area contributed by atoms with Crippen LogP contribution in [0.4, 0.5) is 0 Å². The highest BCUT2D eigenvalue weighted by Gasteiger charge is 2.21. The predicted octanol–water partition coefficient (Wildman–Crippen LogP) is 3.71. The average molecular weight is 325 g/mol. The molecule has 2 aromatic heterocycles. The molecule has 0 saturated heterocycles. The second kappa shape index (κ2) is 6.01. The van der Waals surface area contributed by atoms with E-state index in [4.69, 9.17) is 27.7 Å². The molecule has 0 amide bonds. The number of hydrogen-bond donors (Lipinski definition) is 1. The molecule has 3 rings (SSSR count). The van der Waals surface area contributed by atoms with Crippen LogP contribution in [0.1, 0.15) is 24.1 Å². The smallest absolute Gasteiger partial charge is 0.137 e. The third-order valence-corrected chi connectivity index (χ3v) is 4.34. The van der Waals surface area contributed by atoms with Gasteiger partial charge in [0.25, 0.3) is 0 Å². The highest BCUT2D eigenvalue weighted by atomic mass is 32.1. The molecule has 1 unspecified atom stereocenters. The lowest BCUT2D eigenvalue weighted by molar-refractivity contribution is 0.415. The number of aromatic nitrogens is 2. The number of rotatable bonds is 4. The van der Waals surface area contributed by atoms with Gasteiger partial charge < -0.3 is 14.9 Å². The molecule has 4 nitrogen and oxygen atoms in total. The second-order valence-corrected chi connectivity index (χ2v) is 6.11. The summed E-state index contributed by atoms with van der Waals surface area (Å²) in [6.45, 7) is 4.07. The molecule has 23 heavy (non-hydrogen) atoms. The van der Waals surface area contributed by atoms with E-state index in [0.29, 0.717) is 4.99 Å². The van der Waals surface area contributed by atoms with E-state index in [0.717, 1.165) is 33.9 Å². The Bertz CT molecular complexity index is 885. The molecule has 118 valence electrons. The average Bonchev–Trinajstić information content (AvgIpc) is 2.92. The minimum Gasteiger partial charge on any atom is -0.497 e. The van der Waals surface area contributed by atoms with Crippen molar-refractivity contribution in [3.63, 3.8) is 0 Å². The Labute approximate surface area is 140 Å². The number of thiocarbonyl (C=S) groups is 1. The molecule has 2 heterocycles. The summed E-state index contributed by atoms with van der Waals surface area (Å²) in [4.78, 5) is 5.25. The maximum absolute atomic E-state index is 5.92. The highest BCUT2D eigenvalue weighted by molar-refractivity contribution is 7.80. The molecule has 1 aromatic carbocycles. The fourth-order valence-electron chi connectivity index (χ4n) is 2.70. The van der Waals surface area contributed by atoms with Gasteiger partial charge >= 0.3 is 0 Å². The van der Waals surface area contributed by atoms with Crippen molar-refractivity contribution in [2.75, 3.05) is 7.11 Å². The number of ether oxygens (including phenoxy) is 1. The summed E-state index contributed by atoms with van der Waals surface area (Å²) in [6.07, 6.45) is 2.07. The number of aryl methyl sites for hydroxylation is 1. The Morgan fingerprint density at radius 3 is 2.78 bits per heavy atom. The third-order valence-electron chi connectivity index (χ3n) is 3.98. The van der Waals surface area contributed by atoms with Crippen LogP contribution in [0, 0.1) is 6.92 Å². The number of hydrogen-bond acceptors (Lipinski definition) is 3. The van der Waals surface area contributed by atoms with Crippen molar-refractivity contribution in [3.8, 4) is 17.0 Å². The zero-order chi connectivity index (χ0) is 16.6. The number of benzene rings is 1. The van der Waals surface area contributed by atoms with Gasteiger partial charge in [0.15, 0.2) is 0 Å². The maximum atomic E-state index is 5.92. The van der Waals surface area contributed by atoms with Gasteiger partial charge in [0, 0.05) is 17.7 Å². The first-order chi connectivity index (χ1) is 11.0. The zero-order valence-corrected chi connectivity index (χ0v) is 14.2. The van der Waals surface area contributed by atoms with Crippen molar-refractivity contribution < 1.29 is 4.74 Å². The van der Waals surface area contributed by atoms with Crippen molar-refractivity contribution >= 4 is 22.9 Å². The summed E-state index contributed by atoms with van der Waals surface area (Å²) in [5.41, 5.74) is 10.8. The van der Waals surface area contributed by atoms with E-state index in [2.05, 4.69) is 17.5 Å². The van der Waals surface area contributed by atoms with E-state index < -0.39 is 0 Å². The lowest BCUT2D eigenvalue weighted by atomic mass is 10.0. The zero-order valence-electron chi connectivity index (χ0n) is 13.4. The predicted molar refractivity (Wildman–Crippen MR) is 97.1 cm³/mol. The summed E-state index contributed by atoms with van der Waals surface area (Å²) in [7, 11) is 1.66. The van der Waals surface area contributed by atoms with Crippen LogP contribution in [0.25, 0.3) is 16.9 Å². The Hall–Kier alpha value is -2.40. The SMILES string of the molecule is COc1cccc(-c2nc3ccc(C)cn3c2C(C)C(N)=S)c1. The van der Waals surface area contributed by atoms with Crippen LogP contribution >= 0.6 is 12.2 Å². The summed E-state index contributed by atoms with van der Waals surface area (Å²) in [5.74, 6) is 0.715. The van der Waals surface area contributed by atoms with E-state index >= 15 is 0 Å². The van der Waals surface area contributed by atoms with E-state index in [-0.39, 0.29) is 5.92 Å².